The number of methoxy groups -OCH3 is 1. The fourth-order valence-corrected chi connectivity index (χ4v) is 1.19. The van der Waals surface area contributed by atoms with E-state index >= 15 is 0 Å². The van der Waals surface area contributed by atoms with Crippen LogP contribution in [0.3, 0.4) is 0 Å². The van der Waals surface area contributed by atoms with Gasteiger partial charge in [0.15, 0.2) is 0 Å². The number of aryl methyl sites for hydroxylation is 1. The van der Waals surface area contributed by atoms with Crippen LogP contribution >= 0.6 is 0 Å². The van der Waals surface area contributed by atoms with Gasteiger partial charge in [-0.2, -0.15) is 0 Å². The molecule has 1 aromatic carbocycles. The van der Waals surface area contributed by atoms with Gasteiger partial charge < -0.3 is 9.84 Å². The Bertz CT molecular complexity index is 427. The molecule has 0 atom stereocenters. The van der Waals surface area contributed by atoms with Crippen molar-refractivity contribution in [1.29, 1.82) is 0 Å². The highest BCUT2D eigenvalue weighted by Gasteiger charge is 2.24. The third-order valence-electron chi connectivity index (χ3n) is 1.94. The van der Waals surface area contributed by atoms with Gasteiger partial charge in [0.05, 0.1) is 12.0 Å². The molecule has 0 radical (unpaired) electrons. The van der Waals surface area contributed by atoms with E-state index in [1.165, 1.54) is 19.1 Å². The molecular formula is C9H9NO5. The SMILES string of the molecule is COC(=O)c1ccc(C)c([N+](=O)[O-])c1O. The van der Waals surface area contributed by atoms with Crippen LogP contribution in [0.25, 0.3) is 0 Å². The van der Waals surface area contributed by atoms with E-state index in [1.807, 2.05) is 0 Å². The van der Waals surface area contributed by atoms with Crippen molar-refractivity contribution in [2.75, 3.05) is 7.11 Å². The molecule has 0 heterocycles. The normalized spacial score (nSPS) is 9.73. The Labute approximate surface area is 85.2 Å². The lowest BCUT2D eigenvalue weighted by atomic mass is 10.1. The van der Waals surface area contributed by atoms with Crippen LogP contribution in [0.15, 0.2) is 12.1 Å². The molecule has 0 aliphatic heterocycles. The third-order valence-corrected chi connectivity index (χ3v) is 1.94. The fourth-order valence-electron chi connectivity index (χ4n) is 1.19. The van der Waals surface area contributed by atoms with Gasteiger partial charge in [-0.25, -0.2) is 4.79 Å². The number of phenolic OH excluding ortho intramolecular Hbond substituents is 1. The largest absolute Gasteiger partial charge is 0.501 e. The second-order valence-electron chi connectivity index (χ2n) is 2.88. The number of phenols is 1. The van der Waals surface area contributed by atoms with Crippen molar-refractivity contribution in [3.8, 4) is 5.75 Å². The average Bonchev–Trinajstić information content (AvgIpc) is 2.16. The van der Waals surface area contributed by atoms with Crippen LogP contribution in [-0.2, 0) is 4.74 Å². The highest BCUT2D eigenvalue weighted by atomic mass is 16.6. The first-order valence-electron chi connectivity index (χ1n) is 4.04. The summed E-state index contributed by atoms with van der Waals surface area (Å²) in [5.74, 6) is -1.47. The molecule has 1 aromatic rings. The maximum Gasteiger partial charge on any atom is 0.341 e. The Morgan fingerprint density at radius 2 is 2.13 bits per heavy atom. The molecule has 0 aliphatic rings. The summed E-state index contributed by atoms with van der Waals surface area (Å²) in [6, 6.07) is 2.66. The maximum atomic E-state index is 11.1. The summed E-state index contributed by atoms with van der Waals surface area (Å²) in [4.78, 5) is 21.0. The molecule has 0 bridgehead atoms. The number of rotatable bonds is 2. The van der Waals surface area contributed by atoms with Gasteiger partial charge in [-0.1, -0.05) is 6.07 Å². The van der Waals surface area contributed by atoms with Crippen LogP contribution in [0.2, 0.25) is 0 Å². The molecule has 0 aromatic heterocycles. The summed E-state index contributed by atoms with van der Waals surface area (Å²) in [5.41, 5.74) is -0.405. The molecule has 0 amide bonds. The van der Waals surface area contributed by atoms with Crippen LogP contribution in [0, 0.1) is 17.0 Å². The van der Waals surface area contributed by atoms with E-state index in [9.17, 15) is 20.0 Å². The standard InChI is InChI=1S/C9H9NO5/c1-5-3-4-6(9(12)15-2)8(11)7(5)10(13)14/h3-4,11H,1-2H3. The quantitative estimate of drug-likeness (QED) is 0.453. The lowest BCUT2D eigenvalue weighted by Crippen LogP contribution is -2.04. The topological polar surface area (TPSA) is 89.7 Å². The number of nitro benzene ring substituents is 1. The Hall–Kier alpha value is -2.11. The first-order chi connectivity index (χ1) is 6.99. The molecule has 0 unspecified atom stereocenters. The Kier molecular flexibility index (Phi) is 2.89. The Morgan fingerprint density at radius 3 is 2.60 bits per heavy atom. The van der Waals surface area contributed by atoms with Crippen molar-refractivity contribution in [1.82, 2.24) is 0 Å². The molecular weight excluding hydrogens is 202 g/mol. The van der Waals surface area contributed by atoms with E-state index in [2.05, 4.69) is 4.74 Å². The number of nitro groups is 1. The summed E-state index contributed by atoms with van der Waals surface area (Å²) in [7, 11) is 1.13. The third kappa shape index (κ3) is 1.88. The predicted octanol–water partition coefficient (Wildman–Crippen LogP) is 1.40. The summed E-state index contributed by atoms with van der Waals surface area (Å²) >= 11 is 0. The van der Waals surface area contributed by atoms with Gasteiger partial charge in [0, 0.05) is 5.56 Å². The molecule has 80 valence electrons. The van der Waals surface area contributed by atoms with Gasteiger partial charge in [-0.3, -0.25) is 10.1 Å². The zero-order valence-corrected chi connectivity index (χ0v) is 8.18. The molecule has 0 aliphatic carbocycles. The number of aromatic hydroxyl groups is 1. The van der Waals surface area contributed by atoms with Crippen LogP contribution in [0.4, 0.5) is 5.69 Å². The molecule has 1 rings (SSSR count). The summed E-state index contributed by atoms with van der Waals surface area (Å²) in [6.45, 7) is 1.47. The second kappa shape index (κ2) is 3.95. The van der Waals surface area contributed by atoms with E-state index < -0.39 is 22.3 Å². The first-order valence-corrected chi connectivity index (χ1v) is 4.04. The van der Waals surface area contributed by atoms with Crippen LogP contribution in [-0.4, -0.2) is 23.1 Å². The lowest BCUT2D eigenvalue weighted by Gasteiger charge is -2.04. The molecule has 6 heteroatoms. The number of carbonyl (C=O) groups is 1. The smallest absolute Gasteiger partial charge is 0.341 e. The Balaban J connectivity index is 3.41. The fraction of sp³-hybridized carbons (Fsp3) is 0.222. The molecule has 0 saturated heterocycles. The van der Waals surface area contributed by atoms with Gasteiger partial charge in [-0.15, -0.1) is 0 Å². The van der Waals surface area contributed by atoms with E-state index in [0.29, 0.717) is 0 Å². The van der Waals surface area contributed by atoms with Crippen molar-refractivity contribution < 1.29 is 19.6 Å². The van der Waals surface area contributed by atoms with Crippen LogP contribution in [0.1, 0.15) is 15.9 Å². The van der Waals surface area contributed by atoms with Gasteiger partial charge in [0.25, 0.3) is 0 Å². The monoisotopic (exact) mass is 211 g/mol. The van der Waals surface area contributed by atoms with Crippen LogP contribution in [0.5, 0.6) is 5.75 Å². The minimum atomic E-state index is -0.810. The highest BCUT2D eigenvalue weighted by Crippen LogP contribution is 2.33. The number of esters is 1. The number of nitrogens with zero attached hydrogens (tertiary/aromatic N) is 1. The maximum absolute atomic E-state index is 11.1. The molecule has 0 spiro atoms. The molecule has 1 N–H and O–H groups in total. The summed E-state index contributed by atoms with van der Waals surface area (Å²) in [6.07, 6.45) is 0. The number of hydrogen-bond acceptors (Lipinski definition) is 5. The van der Waals surface area contributed by atoms with Gasteiger partial charge >= 0.3 is 11.7 Å². The molecule has 6 nitrogen and oxygen atoms in total. The van der Waals surface area contributed by atoms with Crippen molar-refractivity contribution >= 4 is 11.7 Å². The second-order valence-corrected chi connectivity index (χ2v) is 2.88. The first kappa shape index (κ1) is 11.0. The van der Waals surface area contributed by atoms with E-state index in [0.717, 1.165) is 7.11 Å². The number of benzene rings is 1. The molecule has 0 fully saturated rings. The zero-order chi connectivity index (χ0) is 11.6. The minimum Gasteiger partial charge on any atom is -0.501 e. The van der Waals surface area contributed by atoms with Crippen molar-refractivity contribution in [2.24, 2.45) is 0 Å². The number of hydrogen-bond donors (Lipinski definition) is 1. The van der Waals surface area contributed by atoms with E-state index in [4.69, 9.17) is 0 Å². The number of carbonyl (C=O) groups excluding carboxylic acids is 1. The van der Waals surface area contributed by atoms with Crippen molar-refractivity contribution in [3.63, 3.8) is 0 Å². The lowest BCUT2D eigenvalue weighted by molar-refractivity contribution is -0.386. The van der Waals surface area contributed by atoms with Gasteiger partial charge in [0.2, 0.25) is 5.75 Å². The highest BCUT2D eigenvalue weighted by molar-refractivity contribution is 5.94. The Morgan fingerprint density at radius 1 is 1.53 bits per heavy atom. The van der Waals surface area contributed by atoms with Gasteiger partial charge in [0.1, 0.15) is 5.56 Å². The minimum absolute atomic E-state index is 0.213. The molecule has 0 saturated carbocycles. The van der Waals surface area contributed by atoms with Gasteiger partial charge in [-0.05, 0) is 13.0 Å². The zero-order valence-electron chi connectivity index (χ0n) is 8.18. The summed E-state index contributed by atoms with van der Waals surface area (Å²) in [5, 5.41) is 20.1. The summed E-state index contributed by atoms with van der Waals surface area (Å²) < 4.78 is 4.37. The number of ether oxygens (including phenoxy) is 1. The van der Waals surface area contributed by atoms with Crippen molar-refractivity contribution in [3.05, 3.63) is 33.4 Å². The molecule has 15 heavy (non-hydrogen) atoms. The van der Waals surface area contributed by atoms with E-state index in [-0.39, 0.29) is 11.1 Å². The average molecular weight is 211 g/mol. The predicted molar refractivity (Wildman–Crippen MR) is 50.8 cm³/mol. The van der Waals surface area contributed by atoms with E-state index in [1.54, 1.807) is 0 Å². The van der Waals surface area contributed by atoms with Crippen LogP contribution < -0.4 is 0 Å². The van der Waals surface area contributed by atoms with Crippen molar-refractivity contribution in [2.45, 2.75) is 6.92 Å².